The minimum absolute atomic E-state index is 0.0000696. The van der Waals surface area contributed by atoms with E-state index in [9.17, 15) is 43.5 Å². The molecule has 0 heterocycles. The molecule has 0 aromatic heterocycles. The number of carbonyl (C=O) groups excluding carboxylic acids is 6. The summed E-state index contributed by atoms with van der Waals surface area (Å²) < 4.78 is 21.3. The number of rotatable bonds is 45. The van der Waals surface area contributed by atoms with E-state index in [-0.39, 0.29) is 127 Å². The smallest absolute Gasteiger partial charge is 0.326 e. The van der Waals surface area contributed by atoms with Crippen molar-refractivity contribution in [2.75, 3.05) is 86.1 Å². The fourth-order valence-corrected chi connectivity index (χ4v) is 6.21. The molecule has 6 amide bonds. The van der Waals surface area contributed by atoms with Crippen LogP contribution in [0.15, 0.2) is 0 Å². The van der Waals surface area contributed by atoms with Crippen LogP contribution in [0.1, 0.15) is 149 Å². The van der Waals surface area contributed by atoms with Crippen molar-refractivity contribution in [1.29, 1.82) is 0 Å². The molecule has 24 heteroatoms. The number of aliphatic hydroxyl groups excluding tert-OH is 2. The van der Waals surface area contributed by atoms with Crippen LogP contribution in [0.4, 0.5) is 0 Å². The van der Waals surface area contributed by atoms with Crippen LogP contribution >= 0.6 is 0 Å². The molecule has 416 valence electrons. The van der Waals surface area contributed by atoms with Gasteiger partial charge in [-0.25, -0.2) is 4.79 Å². The zero-order chi connectivity index (χ0) is 53.8. The third-order valence-corrected chi connectivity index (χ3v) is 9.96. The lowest BCUT2D eigenvalue weighted by Gasteiger charge is -2.17. The van der Waals surface area contributed by atoms with Gasteiger partial charge < -0.3 is 81.5 Å². The first kappa shape index (κ1) is 70.7. The summed E-state index contributed by atoms with van der Waals surface area (Å²) in [6.07, 6.45) is 14.3. The van der Waals surface area contributed by atoms with Crippen molar-refractivity contribution < 1.29 is 87.9 Å². The average molecular weight is 1030 g/mol. The minimum atomic E-state index is -1.28. The van der Waals surface area contributed by atoms with Crippen LogP contribution in [0.25, 0.3) is 0 Å². The molecule has 0 aliphatic carbocycles. The molecule has 71 heavy (non-hydrogen) atoms. The molecular weight excluding hydrogens is 937 g/mol. The Labute approximate surface area is 419 Å². The van der Waals surface area contributed by atoms with Crippen molar-refractivity contribution in [3.8, 4) is 0 Å². The first-order valence-electron chi connectivity index (χ1n) is 24.9. The second kappa shape index (κ2) is 53.2. The molecule has 24 nitrogen and oxygen atoms in total. The number of ether oxygens (including phenoxy) is 4. The molecule has 0 radical (unpaired) electrons. The number of amides is 6. The van der Waals surface area contributed by atoms with Gasteiger partial charge in [-0.1, -0.05) is 64.7 Å². The van der Waals surface area contributed by atoms with Gasteiger partial charge in [0.15, 0.2) is 0 Å². The number of nitrogens with one attached hydrogen (secondary N) is 6. The van der Waals surface area contributed by atoms with Crippen LogP contribution in [-0.2, 0) is 57.3 Å². The van der Waals surface area contributed by atoms with E-state index in [2.05, 4.69) is 31.9 Å². The largest absolute Gasteiger partial charge is 0.481 e. The molecule has 3 atom stereocenters. The topological polar surface area (TPSA) is 367 Å². The highest BCUT2D eigenvalue weighted by Crippen LogP contribution is 2.12. The molecule has 1 unspecified atom stereocenters. The number of unbranched alkanes of at least 4 members (excludes halogenated alkanes) is 10. The summed E-state index contributed by atoms with van der Waals surface area (Å²) in [6.45, 7) is 5.81. The quantitative estimate of drug-likeness (QED) is 0.0296. The monoisotopic (exact) mass is 1030 g/mol. The molecule has 0 bridgehead atoms. The number of carboxylic acids is 2. The summed E-state index contributed by atoms with van der Waals surface area (Å²) in [5.41, 5.74) is 0. The average Bonchev–Trinajstić information content (AvgIpc) is 3.31. The van der Waals surface area contributed by atoms with E-state index in [0.717, 1.165) is 64.2 Å². The van der Waals surface area contributed by atoms with Crippen LogP contribution < -0.4 is 31.9 Å². The van der Waals surface area contributed by atoms with Crippen molar-refractivity contribution >= 4 is 47.4 Å². The molecule has 0 fully saturated rings. The highest BCUT2D eigenvalue weighted by Gasteiger charge is 2.22. The van der Waals surface area contributed by atoms with Crippen LogP contribution in [0.3, 0.4) is 0 Å². The Morgan fingerprint density at radius 2 is 0.789 bits per heavy atom. The third kappa shape index (κ3) is 56.2. The van der Waals surface area contributed by atoms with Gasteiger partial charge in [0, 0.05) is 63.8 Å². The van der Waals surface area contributed by atoms with Gasteiger partial charge in [-0.15, -0.1) is 0 Å². The Bertz CT molecular complexity index is 1380. The lowest BCUT2D eigenvalue weighted by molar-refractivity contribution is -0.143. The number of carbonyl (C=O) groups is 8. The van der Waals surface area contributed by atoms with E-state index in [1.165, 1.54) is 12.8 Å². The zero-order valence-corrected chi connectivity index (χ0v) is 42.6. The fraction of sp³-hybridized carbons (Fsp3) is 0.830. The Morgan fingerprint density at radius 3 is 1.24 bits per heavy atom. The highest BCUT2D eigenvalue weighted by atomic mass is 16.5. The van der Waals surface area contributed by atoms with E-state index < -0.39 is 44.1 Å². The van der Waals surface area contributed by atoms with E-state index in [0.29, 0.717) is 32.4 Å². The molecule has 0 aliphatic heterocycles. The van der Waals surface area contributed by atoms with Gasteiger partial charge in [0.05, 0.1) is 39.6 Å². The number of carboxylic acid groups (broad SMARTS) is 2. The standard InChI is InChI=1S/C45H82N6O14.2CH4O2/c1-4-5-24-46-38(52)21-18-36(3)50-41(55)23-20-37(45(60)61)51-43(57)34-65-32-30-63-28-26-48-42(56)33-64-31-29-62-27-25-47-39(53)22-19-35(2)49-40(54)16-14-12-10-8-6-7-9-11-13-15-17-44(58)59;2*2-1-3/h35-37H,4-34H2,1-3H3,(H,46,52)(H,47,53)(H,48,56)(H,49,54)(H,50,55)(H,51,57)(H,58,59)(H,60,61);2*2-3H,1H2/t35-,36-,37?;;/m1../s1. The van der Waals surface area contributed by atoms with Crippen molar-refractivity contribution in [1.82, 2.24) is 31.9 Å². The van der Waals surface area contributed by atoms with Gasteiger partial charge >= 0.3 is 11.9 Å². The second-order valence-electron chi connectivity index (χ2n) is 16.5. The molecule has 0 saturated heterocycles. The molecular formula is C47H90N6O18. The lowest BCUT2D eigenvalue weighted by Crippen LogP contribution is -2.43. The summed E-state index contributed by atoms with van der Waals surface area (Å²) in [5, 5.41) is 62.9. The van der Waals surface area contributed by atoms with E-state index >= 15 is 0 Å². The maximum atomic E-state index is 12.3. The van der Waals surface area contributed by atoms with Gasteiger partial charge in [0.2, 0.25) is 35.4 Å². The second-order valence-corrected chi connectivity index (χ2v) is 16.5. The summed E-state index contributed by atoms with van der Waals surface area (Å²) in [6, 6.07) is -1.66. The summed E-state index contributed by atoms with van der Waals surface area (Å²) in [5.74, 6) is -3.61. The van der Waals surface area contributed by atoms with E-state index in [4.69, 9.17) is 44.5 Å². The Balaban J connectivity index is -0.00000729. The number of hydrogen-bond donors (Lipinski definition) is 12. The van der Waals surface area contributed by atoms with Gasteiger partial charge in [0.25, 0.3) is 0 Å². The number of aliphatic hydroxyl groups is 4. The van der Waals surface area contributed by atoms with Gasteiger partial charge in [-0.3, -0.25) is 33.6 Å². The molecule has 0 aliphatic rings. The summed E-state index contributed by atoms with van der Waals surface area (Å²) in [7, 11) is 0. The number of aliphatic carboxylic acids is 2. The fourth-order valence-electron chi connectivity index (χ4n) is 6.21. The maximum absolute atomic E-state index is 12.3. The van der Waals surface area contributed by atoms with Crippen LogP contribution in [0, 0.1) is 0 Å². The Morgan fingerprint density at radius 1 is 0.408 bits per heavy atom. The summed E-state index contributed by atoms with van der Waals surface area (Å²) >= 11 is 0. The first-order chi connectivity index (χ1) is 34.1. The van der Waals surface area contributed by atoms with Crippen LogP contribution in [0.2, 0.25) is 0 Å². The van der Waals surface area contributed by atoms with Gasteiger partial charge in [-0.05, 0) is 52.4 Å². The zero-order valence-electron chi connectivity index (χ0n) is 42.6. The molecule has 12 N–H and O–H groups in total. The normalized spacial score (nSPS) is 11.8. The minimum Gasteiger partial charge on any atom is -0.481 e. The van der Waals surface area contributed by atoms with Crippen molar-refractivity contribution in [2.24, 2.45) is 0 Å². The van der Waals surface area contributed by atoms with Crippen LogP contribution in [0.5, 0.6) is 0 Å². The highest BCUT2D eigenvalue weighted by molar-refractivity contribution is 5.85. The number of hydrogen-bond acceptors (Lipinski definition) is 16. The molecule has 0 aromatic carbocycles. The first-order valence-corrected chi connectivity index (χ1v) is 24.9. The predicted octanol–water partition coefficient (Wildman–Crippen LogP) is 0.744. The van der Waals surface area contributed by atoms with Gasteiger partial charge in [0.1, 0.15) is 32.8 Å². The molecule has 0 spiro atoms. The van der Waals surface area contributed by atoms with Crippen molar-refractivity contribution in [3.63, 3.8) is 0 Å². The van der Waals surface area contributed by atoms with E-state index in [1.807, 2.05) is 13.8 Å². The van der Waals surface area contributed by atoms with Crippen molar-refractivity contribution in [2.45, 2.75) is 167 Å². The van der Waals surface area contributed by atoms with Crippen LogP contribution in [-0.4, -0.2) is 182 Å². The molecule has 0 aromatic rings. The van der Waals surface area contributed by atoms with Gasteiger partial charge in [-0.2, -0.15) is 0 Å². The Kier molecular flexibility index (Phi) is 53.0. The Hall–Kier alpha value is -4.56. The summed E-state index contributed by atoms with van der Waals surface area (Å²) in [4.78, 5) is 94.8. The third-order valence-electron chi connectivity index (χ3n) is 9.96. The maximum Gasteiger partial charge on any atom is 0.326 e. The SMILES string of the molecule is CCCCNC(=O)CC[C@@H](C)NC(=O)CCC(NC(=O)COCCOCCNC(=O)COCCOCCNC(=O)CC[C@@H](C)NC(=O)CCCCCCCCCCCCC(=O)O)C(=O)O.OCO.OCO. The molecule has 0 saturated carbocycles. The lowest BCUT2D eigenvalue weighted by atomic mass is 10.0. The van der Waals surface area contributed by atoms with Crippen molar-refractivity contribution in [3.05, 3.63) is 0 Å². The van der Waals surface area contributed by atoms with E-state index in [1.54, 1.807) is 6.92 Å². The predicted molar refractivity (Wildman–Crippen MR) is 261 cm³/mol. The molecule has 0 rings (SSSR count).